The van der Waals surface area contributed by atoms with E-state index in [0.717, 1.165) is 11.4 Å². The Hall–Kier alpha value is -2.17. The molecule has 2 rings (SSSR count). The summed E-state index contributed by atoms with van der Waals surface area (Å²) in [6.07, 6.45) is 1.69. The minimum absolute atomic E-state index is 0.141. The van der Waals surface area contributed by atoms with Crippen LogP contribution in [0.3, 0.4) is 0 Å². The molecule has 0 bridgehead atoms. The Morgan fingerprint density at radius 1 is 1.44 bits per heavy atom. The lowest BCUT2D eigenvalue weighted by Crippen LogP contribution is -2.15. The van der Waals surface area contributed by atoms with Crippen LogP contribution in [-0.2, 0) is 6.54 Å². The first-order chi connectivity index (χ1) is 8.50. The number of benzene rings is 1. The molecule has 3 N–H and O–H groups in total. The fraction of sp³-hybridized carbons (Fsp3) is 0.231. The fourth-order valence-electron chi connectivity index (χ4n) is 1.80. The highest BCUT2D eigenvalue weighted by molar-refractivity contribution is 5.95. The van der Waals surface area contributed by atoms with E-state index in [2.05, 4.69) is 4.98 Å². The van der Waals surface area contributed by atoms with Gasteiger partial charge < -0.3 is 10.3 Å². The topological polar surface area (TPSA) is 67.7 Å². The van der Waals surface area contributed by atoms with Crippen LogP contribution in [0.5, 0.6) is 0 Å². The van der Waals surface area contributed by atoms with Gasteiger partial charge in [0.05, 0.1) is 24.1 Å². The third-order valence-corrected chi connectivity index (χ3v) is 3.05. The van der Waals surface area contributed by atoms with Gasteiger partial charge in [-0.2, -0.15) is 0 Å². The van der Waals surface area contributed by atoms with Gasteiger partial charge >= 0.3 is 0 Å². The van der Waals surface area contributed by atoms with E-state index >= 15 is 0 Å². The monoisotopic (exact) mass is 246 g/mol. The molecule has 0 aliphatic carbocycles. The Morgan fingerprint density at radius 3 is 2.72 bits per heavy atom. The van der Waals surface area contributed by atoms with Gasteiger partial charge in [0, 0.05) is 11.3 Å². The van der Waals surface area contributed by atoms with Gasteiger partial charge in [-0.3, -0.25) is 5.41 Å². The van der Waals surface area contributed by atoms with Crippen LogP contribution in [0, 0.1) is 25.1 Å². The summed E-state index contributed by atoms with van der Waals surface area (Å²) < 4.78 is 16.0. The molecule has 0 saturated heterocycles. The minimum atomic E-state index is -0.434. The maximum atomic E-state index is 14.1. The molecule has 0 aliphatic heterocycles. The van der Waals surface area contributed by atoms with E-state index in [-0.39, 0.29) is 11.4 Å². The molecule has 5 heteroatoms. The molecule has 0 atom stereocenters. The Balaban J connectivity index is 2.38. The highest BCUT2D eigenvalue weighted by atomic mass is 19.1. The quantitative estimate of drug-likeness (QED) is 0.642. The second-order valence-corrected chi connectivity index (χ2v) is 4.24. The average Bonchev–Trinajstić information content (AvgIpc) is 2.63. The number of nitrogens with one attached hydrogen (secondary N) is 1. The lowest BCUT2D eigenvalue weighted by Gasteiger charge is -2.09. The predicted octanol–water partition coefficient (Wildman–Crippen LogP) is 1.97. The highest BCUT2D eigenvalue weighted by Crippen LogP contribution is 2.15. The molecular formula is C13H15FN4. The number of nitrogens with zero attached hydrogens (tertiary/aromatic N) is 2. The van der Waals surface area contributed by atoms with Crippen molar-refractivity contribution in [3.63, 3.8) is 0 Å². The lowest BCUT2D eigenvalue weighted by molar-refractivity contribution is 0.594. The number of hydrogen-bond acceptors (Lipinski definition) is 2. The van der Waals surface area contributed by atoms with Crippen molar-refractivity contribution in [2.75, 3.05) is 0 Å². The number of aryl methyl sites for hydroxylation is 1. The van der Waals surface area contributed by atoms with E-state index in [9.17, 15) is 4.39 Å². The van der Waals surface area contributed by atoms with Crippen LogP contribution in [0.4, 0.5) is 4.39 Å². The fourth-order valence-corrected chi connectivity index (χ4v) is 1.80. The molecule has 0 unspecified atom stereocenters. The van der Waals surface area contributed by atoms with Crippen molar-refractivity contribution in [3.05, 3.63) is 52.9 Å². The van der Waals surface area contributed by atoms with Gasteiger partial charge in [-0.15, -0.1) is 0 Å². The highest BCUT2D eigenvalue weighted by Gasteiger charge is 2.11. The largest absolute Gasteiger partial charge is 0.384 e. The Morgan fingerprint density at radius 2 is 2.17 bits per heavy atom. The molecule has 18 heavy (non-hydrogen) atoms. The van der Waals surface area contributed by atoms with Crippen molar-refractivity contribution in [3.8, 4) is 0 Å². The number of aromatic nitrogens is 2. The molecule has 4 nitrogen and oxygen atoms in total. The zero-order valence-corrected chi connectivity index (χ0v) is 10.4. The normalized spacial score (nSPS) is 10.6. The maximum absolute atomic E-state index is 14.1. The minimum Gasteiger partial charge on any atom is -0.384 e. The van der Waals surface area contributed by atoms with Crippen molar-refractivity contribution in [1.82, 2.24) is 9.55 Å². The van der Waals surface area contributed by atoms with Crippen molar-refractivity contribution >= 4 is 5.84 Å². The second kappa shape index (κ2) is 4.60. The summed E-state index contributed by atoms with van der Waals surface area (Å²) in [5.74, 6) is -0.691. The third kappa shape index (κ3) is 2.11. The van der Waals surface area contributed by atoms with Crippen molar-refractivity contribution < 1.29 is 4.39 Å². The molecule has 1 heterocycles. The smallest absolute Gasteiger partial charge is 0.139 e. The van der Waals surface area contributed by atoms with Crippen molar-refractivity contribution in [2.45, 2.75) is 20.4 Å². The van der Waals surface area contributed by atoms with Gasteiger partial charge in [0.15, 0.2) is 0 Å². The number of halogens is 1. The number of nitrogens with two attached hydrogens (primary N) is 1. The van der Waals surface area contributed by atoms with Gasteiger partial charge in [0.2, 0.25) is 0 Å². The Kier molecular flexibility index (Phi) is 3.14. The van der Waals surface area contributed by atoms with Crippen LogP contribution < -0.4 is 5.73 Å². The average molecular weight is 246 g/mol. The Labute approximate surface area is 105 Å². The molecule has 0 fully saturated rings. The van der Waals surface area contributed by atoms with Crippen LogP contribution in [0.1, 0.15) is 22.5 Å². The first-order valence-corrected chi connectivity index (χ1v) is 5.61. The third-order valence-electron chi connectivity index (χ3n) is 3.05. The summed E-state index contributed by atoms with van der Waals surface area (Å²) in [6.45, 7) is 4.24. The zero-order valence-electron chi connectivity index (χ0n) is 10.4. The summed E-state index contributed by atoms with van der Waals surface area (Å²) in [5.41, 5.74) is 7.91. The summed E-state index contributed by atoms with van der Waals surface area (Å²) in [5, 5.41) is 7.32. The maximum Gasteiger partial charge on any atom is 0.139 e. The first-order valence-electron chi connectivity index (χ1n) is 5.61. The standard InChI is InChI=1S/C13H15FN4/c1-8-9(2)18(7-17-8)6-10-4-3-5-11(12(10)14)13(15)16/h3-5,7H,6H2,1-2H3,(H3,15,16). The van der Waals surface area contributed by atoms with Gasteiger partial charge in [-0.25, -0.2) is 9.37 Å². The van der Waals surface area contributed by atoms with Gasteiger partial charge in [0.25, 0.3) is 0 Å². The SMILES string of the molecule is Cc1ncn(Cc2cccc(C(=N)N)c2F)c1C. The summed E-state index contributed by atoms with van der Waals surface area (Å²) in [4.78, 5) is 4.17. The summed E-state index contributed by atoms with van der Waals surface area (Å²) in [6, 6.07) is 4.90. The number of amidine groups is 1. The number of rotatable bonds is 3. The van der Waals surface area contributed by atoms with Crippen molar-refractivity contribution in [1.29, 1.82) is 5.41 Å². The Bertz CT molecular complexity index is 601. The molecular weight excluding hydrogens is 231 g/mol. The van der Waals surface area contributed by atoms with Crippen LogP contribution >= 0.6 is 0 Å². The van der Waals surface area contributed by atoms with E-state index < -0.39 is 5.82 Å². The molecule has 2 aromatic rings. The van der Waals surface area contributed by atoms with E-state index in [1.165, 1.54) is 6.07 Å². The van der Waals surface area contributed by atoms with E-state index in [0.29, 0.717) is 12.1 Å². The second-order valence-electron chi connectivity index (χ2n) is 4.24. The molecule has 0 radical (unpaired) electrons. The summed E-state index contributed by atoms with van der Waals surface area (Å²) in [7, 11) is 0. The van der Waals surface area contributed by atoms with E-state index in [1.54, 1.807) is 18.5 Å². The molecule has 0 amide bonds. The molecule has 0 spiro atoms. The zero-order chi connectivity index (χ0) is 13.3. The number of imidazole rings is 1. The van der Waals surface area contributed by atoms with Crippen LogP contribution in [0.15, 0.2) is 24.5 Å². The van der Waals surface area contributed by atoms with Gasteiger partial charge in [0.1, 0.15) is 11.7 Å². The van der Waals surface area contributed by atoms with Gasteiger partial charge in [-0.05, 0) is 19.9 Å². The molecule has 0 aliphatic rings. The molecule has 0 saturated carbocycles. The molecule has 94 valence electrons. The van der Waals surface area contributed by atoms with E-state index in [4.69, 9.17) is 11.1 Å². The predicted molar refractivity (Wildman–Crippen MR) is 68.2 cm³/mol. The van der Waals surface area contributed by atoms with Gasteiger partial charge in [-0.1, -0.05) is 12.1 Å². The van der Waals surface area contributed by atoms with Crippen LogP contribution in [0.2, 0.25) is 0 Å². The van der Waals surface area contributed by atoms with E-state index in [1.807, 2.05) is 18.4 Å². The van der Waals surface area contributed by atoms with Crippen molar-refractivity contribution in [2.24, 2.45) is 5.73 Å². The van der Waals surface area contributed by atoms with Crippen LogP contribution in [0.25, 0.3) is 0 Å². The number of hydrogen-bond donors (Lipinski definition) is 2. The summed E-state index contributed by atoms with van der Waals surface area (Å²) >= 11 is 0. The molecule has 1 aromatic heterocycles. The van der Waals surface area contributed by atoms with Crippen LogP contribution in [-0.4, -0.2) is 15.4 Å². The lowest BCUT2D eigenvalue weighted by atomic mass is 10.1. The number of nitrogen functional groups attached to an aromatic ring is 1. The first kappa shape index (κ1) is 12.3. The molecule has 1 aromatic carbocycles.